The third kappa shape index (κ3) is 2.07. The minimum atomic E-state index is -0.249. The third-order valence-electron chi connectivity index (χ3n) is 4.27. The summed E-state index contributed by atoms with van der Waals surface area (Å²) in [5, 5.41) is 0. The van der Waals surface area contributed by atoms with Crippen molar-refractivity contribution in [3.63, 3.8) is 0 Å². The number of para-hydroxylation sites is 1. The highest BCUT2D eigenvalue weighted by Gasteiger charge is 2.53. The molecule has 0 radical (unpaired) electrons. The van der Waals surface area contributed by atoms with Gasteiger partial charge in [0, 0.05) is 5.57 Å². The quantitative estimate of drug-likeness (QED) is 0.460. The number of hydrogen-bond acceptors (Lipinski definition) is 2. The standard InChI is InChI=1S/C16H18O2/c1-11(15-13-9-5-6-10-14(13)15)16(17)18-12-7-3-2-4-8-12/h2-4,7-8,13-15H,1,5-6,9-10H2. The topological polar surface area (TPSA) is 26.3 Å². The van der Waals surface area contributed by atoms with E-state index in [1.807, 2.05) is 18.2 Å². The molecular formula is C16H18O2. The highest BCUT2D eigenvalue weighted by Crippen LogP contribution is 2.58. The van der Waals surface area contributed by atoms with Crippen LogP contribution in [0.25, 0.3) is 0 Å². The molecule has 0 saturated heterocycles. The Morgan fingerprint density at radius 3 is 2.33 bits per heavy atom. The molecule has 2 nitrogen and oxygen atoms in total. The van der Waals surface area contributed by atoms with Crippen LogP contribution in [0.3, 0.4) is 0 Å². The number of benzene rings is 1. The second-order valence-corrected chi connectivity index (χ2v) is 5.37. The first kappa shape index (κ1) is 11.5. The zero-order chi connectivity index (χ0) is 12.5. The number of hydrogen-bond donors (Lipinski definition) is 0. The van der Waals surface area contributed by atoms with Gasteiger partial charge in [0.2, 0.25) is 0 Å². The smallest absolute Gasteiger partial charge is 0.339 e. The first-order valence-corrected chi connectivity index (χ1v) is 6.73. The Balaban J connectivity index is 1.62. The molecule has 0 bridgehead atoms. The molecule has 2 saturated carbocycles. The lowest BCUT2D eigenvalue weighted by molar-refractivity contribution is -0.130. The summed E-state index contributed by atoms with van der Waals surface area (Å²) in [6.07, 6.45) is 5.12. The van der Waals surface area contributed by atoms with Crippen LogP contribution in [-0.2, 0) is 4.79 Å². The molecule has 1 aromatic carbocycles. The molecule has 0 amide bonds. The Labute approximate surface area is 108 Å². The van der Waals surface area contributed by atoms with Gasteiger partial charge in [0.05, 0.1) is 0 Å². The summed E-state index contributed by atoms with van der Waals surface area (Å²) in [4.78, 5) is 12.0. The van der Waals surface area contributed by atoms with Gasteiger partial charge >= 0.3 is 5.97 Å². The van der Waals surface area contributed by atoms with Crippen LogP contribution >= 0.6 is 0 Å². The molecule has 0 heterocycles. The van der Waals surface area contributed by atoms with Crippen LogP contribution in [-0.4, -0.2) is 5.97 Å². The van der Waals surface area contributed by atoms with E-state index in [9.17, 15) is 4.79 Å². The van der Waals surface area contributed by atoms with Crippen LogP contribution in [0.2, 0.25) is 0 Å². The monoisotopic (exact) mass is 242 g/mol. The van der Waals surface area contributed by atoms with E-state index in [0.717, 1.165) is 0 Å². The molecule has 2 atom stereocenters. The third-order valence-corrected chi connectivity index (χ3v) is 4.27. The lowest BCUT2D eigenvalue weighted by atomic mass is 10.0. The van der Waals surface area contributed by atoms with E-state index in [4.69, 9.17) is 4.74 Å². The Kier molecular flexibility index (Phi) is 2.94. The number of rotatable bonds is 3. The SMILES string of the molecule is C=C(C(=O)Oc1ccccc1)C1C2CCCCC21. The molecule has 0 aliphatic heterocycles. The van der Waals surface area contributed by atoms with Crippen LogP contribution in [0, 0.1) is 17.8 Å². The molecule has 18 heavy (non-hydrogen) atoms. The van der Waals surface area contributed by atoms with E-state index < -0.39 is 0 Å². The van der Waals surface area contributed by atoms with Gasteiger partial charge in [-0.25, -0.2) is 4.79 Å². The van der Waals surface area contributed by atoms with Gasteiger partial charge in [0.25, 0.3) is 0 Å². The first-order valence-electron chi connectivity index (χ1n) is 6.73. The van der Waals surface area contributed by atoms with E-state index in [1.54, 1.807) is 12.1 Å². The Hall–Kier alpha value is -1.57. The fraction of sp³-hybridized carbons (Fsp3) is 0.438. The largest absolute Gasteiger partial charge is 0.423 e. The zero-order valence-corrected chi connectivity index (χ0v) is 10.5. The van der Waals surface area contributed by atoms with Crippen LogP contribution in [0.1, 0.15) is 25.7 Å². The van der Waals surface area contributed by atoms with E-state index in [1.165, 1.54) is 25.7 Å². The highest BCUT2D eigenvalue weighted by atomic mass is 16.5. The molecule has 94 valence electrons. The Bertz CT molecular complexity index is 451. The molecule has 2 unspecified atom stereocenters. The molecule has 2 fully saturated rings. The Morgan fingerprint density at radius 2 is 1.72 bits per heavy atom. The molecular weight excluding hydrogens is 224 g/mol. The van der Waals surface area contributed by atoms with Gasteiger partial charge in [0.15, 0.2) is 0 Å². The van der Waals surface area contributed by atoms with Gasteiger partial charge in [-0.3, -0.25) is 0 Å². The van der Waals surface area contributed by atoms with Crippen LogP contribution < -0.4 is 4.74 Å². The maximum absolute atomic E-state index is 12.0. The zero-order valence-electron chi connectivity index (χ0n) is 10.5. The normalized spacial score (nSPS) is 29.2. The number of carbonyl (C=O) groups is 1. The minimum absolute atomic E-state index is 0.249. The average molecular weight is 242 g/mol. The van der Waals surface area contributed by atoms with Crippen molar-refractivity contribution < 1.29 is 9.53 Å². The van der Waals surface area contributed by atoms with Crippen molar-refractivity contribution in [2.75, 3.05) is 0 Å². The van der Waals surface area contributed by atoms with Crippen molar-refractivity contribution in [1.82, 2.24) is 0 Å². The maximum Gasteiger partial charge on any atom is 0.339 e. The predicted molar refractivity (Wildman–Crippen MR) is 70.2 cm³/mol. The average Bonchev–Trinajstić information content (AvgIpc) is 3.13. The van der Waals surface area contributed by atoms with Gasteiger partial charge < -0.3 is 4.74 Å². The second kappa shape index (κ2) is 4.60. The lowest BCUT2D eigenvalue weighted by Gasteiger charge is -2.06. The number of carbonyl (C=O) groups excluding carboxylic acids is 1. The molecule has 3 rings (SSSR count). The van der Waals surface area contributed by atoms with Crippen molar-refractivity contribution in [3.8, 4) is 5.75 Å². The molecule has 2 aliphatic carbocycles. The number of ether oxygens (including phenoxy) is 1. The summed E-state index contributed by atoms with van der Waals surface area (Å²) in [5.74, 6) is 2.15. The van der Waals surface area contributed by atoms with Gasteiger partial charge in [0.1, 0.15) is 5.75 Å². The summed E-state index contributed by atoms with van der Waals surface area (Å²) < 4.78 is 5.35. The van der Waals surface area contributed by atoms with Crippen molar-refractivity contribution in [2.45, 2.75) is 25.7 Å². The van der Waals surface area contributed by atoms with Crippen LogP contribution in [0.5, 0.6) is 5.75 Å². The number of esters is 1. The molecule has 2 aliphatic rings. The molecule has 0 N–H and O–H groups in total. The van der Waals surface area contributed by atoms with E-state index in [-0.39, 0.29) is 5.97 Å². The first-order chi connectivity index (χ1) is 8.77. The van der Waals surface area contributed by atoms with Gasteiger partial charge in [-0.05, 0) is 42.7 Å². The fourth-order valence-electron chi connectivity index (χ4n) is 3.31. The van der Waals surface area contributed by atoms with Crippen molar-refractivity contribution in [3.05, 3.63) is 42.5 Å². The highest BCUT2D eigenvalue weighted by molar-refractivity contribution is 5.90. The van der Waals surface area contributed by atoms with E-state index >= 15 is 0 Å². The van der Waals surface area contributed by atoms with Crippen molar-refractivity contribution in [2.24, 2.45) is 17.8 Å². The molecule has 2 heteroatoms. The van der Waals surface area contributed by atoms with Crippen molar-refractivity contribution in [1.29, 1.82) is 0 Å². The summed E-state index contributed by atoms with van der Waals surface area (Å²) in [5.41, 5.74) is 0.677. The lowest BCUT2D eigenvalue weighted by Crippen LogP contribution is -2.12. The Morgan fingerprint density at radius 1 is 1.11 bits per heavy atom. The van der Waals surface area contributed by atoms with Gasteiger partial charge in [-0.1, -0.05) is 37.6 Å². The minimum Gasteiger partial charge on any atom is -0.423 e. The summed E-state index contributed by atoms with van der Waals surface area (Å²) >= 11 is 0. The summed E-state index contributed by atoms with van der Waals surface area (Å²) in [7, 11) is 0. The summed E-state index contributed by atoms with van der Waals surface area (Å²) in [6, 6.07) is 9.22. The fourth-order valence-corrected chi connectivity index (χ4v) is 3.31. The van der Waals surface area contributed by atoms with Gasteiger partial charge in [-0.15, -0.1) is 0 Å². The summed E-state index contributed by atoms with van der Waals surface area (Å²) in [6.45, 7) is 3.96. The van der Waals surface area contributed by atoms with Crippen LogP contribution in [0.4, 0.5) is 0 Å². The molecule has 0 spiro atoms. The van der Waals surface area contributed by atoms with Gasteiger partial charge in [-0.2, -0.15) is 0 Å². The van der Waals surface area contributed by atoms with Crippen molar-refractivity contribution >= 4 is 5.97 Å². The second-order valence-electron chi connectivity index (χ2n) is 5.37. The molecule has 0 aromatic heterocycles. The number of fused-ring (bicyclic) bond motifs is 1. The molecule has 1 aromatic rings. The van der Waals surface area contributed by atoms with Crippen LogP contribution in [0.15, 0.2) is 42.5 Å². The maximum atomic E-state index is 12.0. The predicted octanol–water partition coefficient (Wildman–Crippen LogP) is 3.58. The van der Waals surface area contributed by atoms with E-state index in [2.05, 4.69) is 6.58 Å². The van der Waals surface area contributed by atoms with E-state index in [0.29, 0.717) is 29.1 Å².